The molecule has 0 aliphatic heterocycles. The molecule has 0 aromatic heterocycles. The van der Waals surface area contributed by atoms with Crippen molar-refractivity contribution in [3.63, 3.8) is 0 Å². The Morgan fingerprint density at radius 2 is 1.07 bits per heavy atom. The Kier molecular flexibility index (Phi) is 14.3. The summed E-state index contributed by atoms with van der Waals surface area (Å²) in [6.45, 7) is 4.46. The van der Waals surface area contributed by atoms with Gasteiger partial charge in [-0.3, -0.25) is 4.55 Å². The molecule has 0 amide bonds. The molecule has 1 rings (SSSR count). The van der Waals surface area contributed by atoms with Crippen LogP contribution in [0, 0.1) is 0 Å². The second-order valence-electron chi connectivity index (χ2n) is 8.68. The zero-order valence-corrected chi connectivity index (χ0v) is 19.7. The van der Waals surface area contributed by atoms with Gasteiger partial charge in [-0.2, -0.15) is 8.42 Å². The highest BCUT2D eigenvalue weighted by molar-refractivity contribution is 7.85. The number of rotatable bonds is 18. The third-order valence-electron chi connectivity index (χ3n) is 5.99. The Labute approximate surface area is 180 Å². The largest absolute Gasteiger partial charge is 0.294 e. The first-order valence-electron chi connectivity index (χ1n) is 12.0. The van der Waals surface area contributed by atoms with E-state index in [-0.39, 0.29) is 4.90 Å². The smallest absolute Gasteiger partial charge is 0.282 e. The summed E-state index contributed by atoms with van der Waals surface area (Å²) >= 11 is 0. The summed E-state index contributed by atoms with van der Waals surface area (Å²) in [5, 5.41) is 0. The van der Waals surface area contributed by atoms with Crippen LogP contribution in [0.3, 0.4) is 0 Å². The normalized spacial score (nSPS) is 12.9. The molecule has 0 heterocycles. The summed E-state index contributed by atoms with van der Waals surface area (Å²) in [7, 11) is -4.09. The highest BCUT2D eigenvalue weighted by Gasteiger charge is 2.11. The maximum absolute atomic E-state index is 11.1. The maximum Gasteiger partial charge on any atom is 0.294 e. The molecule has 0 fully saturated rings. The van der Waals surface area contributed by atoms with E-state index in [1.54, 1.807) is 0 Å². The topological polar surface area (TPSA) is 54.4 Å². The monoisotopic (exact) mass is 424 g/mol. The Hall–Kier alpha value is -0.870. The molecule has 29 heavy (non-hydrogen) atoms. The summed E-state index contributed by atoms with van der Waals surface area (Å²) in [5.74, 6) is 0.424. The van der Waals surface area contributed by atoms with Crippen LogP contribution in [0.2, 0.25) is 0 Å². The van der Waals surface area contributed by atoms with Gasteiger partial charge in [0.2, 0.25) is 0 Å². The van der Waals surface area contributed by atoms with Crippen LogP contribution in [0.4, 0.5) is 0 Å². The highest BCUT2D eigenvalue weighted by atomic mass is 32.2. The SMILES string of the molecule is CCCCCCCCCCCCCCCCCC(C)c1ccc(S(=O)(=O)O)cc1. The molecule has 1 aromatic carbocycles. The summed E-state index contributed by atoms with van der Waals surface area (Å²) in [6, 6.07) is 6.62. The van der Waals surface area contributed by atoms with Gasteiger partial charge in [-0.1, -0.05) is 122 Å². The Morgan fingerprint density at radius 3 is 1.45 bits per heavy atom. The summed E-state index contributed by atoms with van der Waals surface area (Å²) in [6.07, 6.45) is 21.8. The minimum absolute atomic E-state index is 0.0274. The fourth-order valence-electron chi connectivity index (χ4n) is 3.96. The van der Waals surface area contributed by atoms with Crippen molar-refractivity contribution in [2.24, 2.45) is 0 Å². The number of hydrogen-bond acceptors (Lipinski definition) is 2. The molecule has 3 nitrogen and oxygen atoms in total. The number of hydrogen-bond donors (Lipinski definition) is 1. The third-order valence-corrected chi connectivity index (χ3v) is 6.86. The summed E-state index contributed by atoms with van der Waals surface area (Å²) in [4.78, 5) is -0.0274. The zero-order chi connectivity index (χ0) is 21.4. The van der Waals surface area contributed by atoms with Gasteiger partial charge in [0.1, 0.15) is 0 Å². The highest BCUT2D eigenvalue weighted by Crippen LogP contribution is 2.24. The van der Waals surface area contributed by atoms with Gasteiger partial charge in [0, 0.05) is 0 Å². The standard InChI is InChI=1S/C25H44O3S/c1-3-4-5-6-7-8-9-10-11-12-13-14-15-16-17-18-23(2)24-19-21-25(22-20-24)29(26,27)28/h19-23H,3-18H2,1-2H3,(H,26,27,28). The van der Waals surface area contributed by atoms with Crippen LogP contribution in [0.5, 0.6) is 0 Å². The molecule has 1 atom stereocenters. The van der Waals surface area contributed by atoms with Gasteiger partial charge in [0.15, 0.2) is 0 Å². The lowest BCUT2D eigenvalue weighted by atomic mass is 9.94. The first-order chi connectivity index (χ1) is 13.9. The lowest BCUT2D eigenvalue weighted by Crippen LogP contribution is -1.99. The second kappa shape index (κ2) is 15.9. The first-order valence-corrected chi connectivity index (χ1v) is 13.5. The van der Waals surface area contributed by atoms with Crippen molar-refractivity contribution in [1.29, 1.82) is 0 Å². The Balaban J connectivity index is 1.94. The van der Waals surface area contributed by atoms with Crippen molar-refractivity contribution in [2.75, 3.05) is 0 Å². The molecule has 0 spiro atoms. The van der Waals surface area contributed by atoms with Crippen molar-refractivity contribution in [3.05, 3.63) is 29.8 Å². The van der Waals surface area contributed by atoms with E-state index in [9.17, 15) is 8.42 Å². The van der Waals surface area contributed by atoms with E-state index >= 15 is 0 Å². The van der Waals surface area contributed by atoms with E-state index in [0.29, 0.717) is 5.92 Å². The molecule has 0 bridgehead atoms. The first kappa shape index (κ1) is 26.2. The second-order valence-corrected chi connectivity index (χ2v) is 10.1. The molecule has 4 heteroatoms. The molecule has 0 saturated carbocycles. The lowest BCUT2D eigenvalue weighted by Gasteiger charge is -2.12. The van der Waals surface area contributed by atoms with Crippen LogP contribution in [-0.4, -0.2) is 13.0 Å². The molecule has 1 aromatic rings. The average molecular weight is 425 g/mol. The van der Waals surface area contributed by atoms with Gasteiger partial charge in [-0.15, -0.1) is 0 Å². The van der Waals surface area contributed by atoms with Gasteiger partial charge in [0.05, 0.1) is 4.90 Å². The van der Waals surface area contributed by atoms with Crippen molar-refractivity contribution < 1.29 is 13.0 Å². The van der Waals surface area contributed by atoms with E-state index in [4.69, 9.17) is 4.55 Å². The number of unbranched alkanes of at least 4 members (excludes halogenated alkanes) is 14. The Bertz CT molecular complexity index is 607. The van der Waals surface area contributed by atoms with Crippen LogP contribution in [-0.2, 0) is 10.1 Å². The molecule has 1 unspecified atom stereocenters. The van der Waals surface area contributed by atoms with Crippen molar-refractivity contribution in [3.8, 4) is 0 Å². The van der Waals surface area contributed by atoms with Crippen LogP contribution in [0.25, 0.3) is 0 Å². The van der Waals surface area contributed by atoms with Crippen LogP contribution in [0.15, 0.2) is 29.2 Å². The molecule has 1 N–H and O–H groups in total. The van der Waals surface area contributed by atoms with Gasteiger partial charge in [0.25, 0.3) is 10.1 Å². The van der Waals surface area contributed by atoms with Gasteiger partial charge in [-0.25, -0.2) is 0 Å². The minimum Gasteiger partial charge on any atom is -0.282 e. The fourth-order valence-corrected chi connectivity index (χ4v) is 4.44. The third kappa shape index (κ3) is 13.1. The van der Waals surface area contributed by atoms with E-state index in [1.165, 1.54) is 108 Å². The average Bonchev–Trinajstić information content (AvgIpc) is 2.70. The molecule has 168 valence electrons. The quantitative estimate of drug-likeness (QED) is 0.190. The predicted molar refractivity (Wildman–Crippen MR) is 124 cm³/mol. The minimum atomic E-state index is -4.09. The van der Waals surface area contributed by atoms with Crippen LogP contribution in [0.1, 0.15) is 128 Å². The van der Waals surface area contributed by atoms with Gasteiger partial charge >= 0.3 is 0 Å². The molecular weight excluding hydrogens is 380 g/mol. The van der Waals surface area contributed by atoms with E-state index in [2.05, 4.69) is 13.8 Å². The van der Waals surface area contributed by atoms with E-state index < -0.39 is 10.1 Å². The van der Waals surface area contributed by atoms with Gasteiger partial charge < -0.3 is 0 Å². The lowest BCUT2D eigenvalue weighted by molar-refractivity contribution is 0.483. The van der Waals surface area contributed by atoms with Crippen LogP contribution < -0.4 is 0 Å². The summed E-state index contributed by atoms with van der Waals surface area (Å²) < 4.78 is 31.2. The maximum atomic E-state index is 11.1. The molecule has 0 aliphatic rings. The Morgan fingerprint density at radius 1 is 0.690 bits per heavy atom. The molecule has 0 radical (unpaired) electrons. The van der Waals surface area contributed by atoms with E-state index in [0.717, 1.165) is 12.0 Å². The van der Waals surface area contributed by atoms with Crippen molar-refractivity contribution in [2.45, 2.75) is 127 Å². The molecule has 0 aliphatic carbocycles. The number of benzene rings is 1. The van der Waals surface area contributed by atoms with Crippen molar-refractivity contribution >= 4 is 10.1 Å². The zero-order valence-electron chi connectivity index (χ0n) is 18.9. The van der Waals surface area contributed by atoms with Gasteiger partial charge in [-0.05, 0) is 30.0 Å². The predicted octanol–water partition coefficient (Wildman–Crippen LogP) is 8.30. The van der Waals surface area contributed by atoms with Crippen molar-refractivity contribution in [1.82, 2.24) is 0 Å². The summed E-state index contributed by atoms with van der Waals surface area (Å²) in [5.41, 5.74) is 1.14. The molecular formula is C25H44O3S. The fraction of sp³-hybridized carbons (Fsp3) is 0.760. The van der Waals surface area contributed by atoms with Crippen LogP contribution >= 0.6 is 0 Å². The van der Waals surface area contributed by atoms with E-state index in [1.807, 2.05) is 12.1 Å². The molecule has 0 saturated heterocycles.